The maximum atomic E-state index is 12.4. The number of carbonyl (C=O) groups is 1. The van der Waals surface area contributed by atoms with E-state index in [-0.39, 0.29) is 33.3 Å². The van der Waals surface area contributed by atoms with Gasteiger partial charge in [0.25, 0.3) is 11.6 Å². The molecule has 0 aliphatic rings. The monoisotopic (exact) mass is 332 g/mol. The normalized spacial score (nSPS) is 11.3. The Morgan fingerprint density at radius 3 is 2.55 bits per heavy atom. The third-order valence-electron chi connectivity index (χ3n) is 2.54. The molecule has 2 aromatic rings. The molecule has 0 radical (unpaired) electrons. The standard InChI is InChI=1S/C11H7F3N4O3S/c1-5-4-6(2-3-7(5)18(20)21)8(19)15-10-17-16-9(22-10)11(12,13)14/h2-4H,1H3,(H,15,17,19). The molecule has 0 aliphatic heterocycles. The van der Waals surface area contributed by atoms with Crippen molar-refractivity contribution in [1.29, 1.82) is 0 Å². The van der Waals surface area contributed by atoms with Gasteiger partial charge in [0.2, 0.25) is 10.1 Å². The molecule has 116 valence electrons. The highest BCUT2D eigenvalue weighted by molar-refractivity contribution is 7.15. The number of hydrogen-bond donors (Lipinski definition) is 1. The summed E-state index contributed by atoms with van der Waals surface area (Å²) >= 11 is 0.188. The first kappa shape index (κ1) is 15.8. The molecule has 0 bridgehead atoms. The minimum absolute atomic E-state index is 0.0619. The lowest BCUT2D eigenvalue weighted by Gasteiger charge is -2.03. The average molecular weight is 332 g/mol. The second-order valence-electron chi connectivity index (χ2n) is 4.12. The molecular weight excluding hydrogens is 325 g/mol. The maximum absolute atomic E-state index is 12.4. The van der Waals surface area contributed by atoms with Crippen molar-refractivity contribution in [2.75, 3.05) is 5.32 Å². The molecule has 1 heterocycles. The predicted molar refractivity (Wildman–Crippen MR) is 70.7 cm³/mol. The van der Waals surface area contributed by atoms with Crippen LogP contribution in [0.1, 0.15) is 20.9 Å². The van der Waals surface area contributed by atoms with Crippen LogP contribution in [0.4, 0.5) is 24.0 Å². The Hall–Kier alpha value is -2.56. The lowest BCUT2D eigenvalue weighted by Crippen LogP contribution is -2.12. The summed E-state index contributed by atoms with van der Waals surface area (Å²) in [5, 5.41) is 17.5. The zero-order valence-corrected chi connectivity index (χ0v) is 11.7. The predicted octanol–water partition coefficient (Wildman–Crippen LogP) is 3.03. The van der Waals surface area contributed by atoms with Crippen LogP contribution < -0.4 is 5.32 Å². The summed E-state index contributed by atoms with van der Waals surface area (Å²) < 4.78 is 37.1. The Balaban J connectivity index is 2.17. The van der Waals surface area contributed by atoms with Gasteiger partial charge in [-0.3, -0.25) is 20.2 Å². The molecule has 0 aliphatic carbocycles. The van der Waals surface area contributed by atoms with Crippen LogP contribution in [0, 0.1) is 17.0 Å². The van der Waals surface area contributed by atoms with Gasteiger partial charge in [-0.05, 0) is 19.1 Å². The molecule has 0 saturated heterocycles. The van der Waals surface area contributed by atoms with E-state index in [1.165, 1.54) is 19.1 Å². The zero-order chi connectivity index (χ0) is 16.5. The van der Waals surface area contributed by atoms with Gasteiger partial charge in [0.05, 0.1) is 4.92 Å². The lowest BCUT2D eigenvalue weighted by molar-refractivity contribution is -0.385. The topological polar surface area (TPSA) is 98.0 Å². The Morgan fingerprint density at radius 2 is 2.05 bits per heavy atom. The third-order valence-corrected chi connectivity index (χ3v) is 3.43. The van der Waals surface area contributed by atoms with Crippen LogP contribution >= 0.6 is 11.3 Å². The third kappa shape index (κ3) is 3.36. The van der Waals surface area contributed by atoms with Gasteiger partial charge in [0.1, 0.15) is 0 Å². The molecule has 7 nitrogen and oxygen atoms in total. The van der Waals surface area contributed by atoms with Crippen molar-refractivity contribution in [2.24, 2.45) is 0 Å². The second kappa shape index (κ2) is 5.67. The van der Waals surface area contributed by atoms with Crippen molar-refractivity contribution in [2.45, 2.75) is 13.1 Å². The van der Waals surface area contributed by atoms with Crippen molar-refractivity contribution in [3.05, 3.63) is 44.4 Å². The molecule has 1 aromatic heterocycles. The highest BCUT2D eigenvalue weighted by Crippen LogP contribution is 2.33. The summed E-state index contributed by atoms with van der Waals surface area (Å²) in [6, 6.07) is 3.61. The van der Waals surface area contributed by atoms with Crippen LogP contribution in [0.5, 0.6) is 0 Å². The molecular formula is C11H7F3N4O3S. The zero-order valence-electron chi connectivity index (χ0n) is 10.8. The Kier molecular flexibility index (Phi) is 4.08. The van der Waals surface area contributed by atoms with Crippen LogP contribution in [-0.4, -0.2) is 21.0 Å². The van der Waals surface area contributed by atoms with E-state index in [1.807, 2.05) is 0 Å². The van der Waals surface area contributed by atoms with E-state index in [9.17, 15) is 28.1 Å². The van der Waals surface area contributed by atoms with E-state index in [0.717, 1.165) is 6.07 Å². The number of carbonyl (C=O) groups excluding carboxylic acids is 1. The van der Waals surface area contributed by atoms with E-state index >= 15 is 0 Å². The first-order valence-corrected chi connectivity index (χ1v) is 6.47. The van der Waals surface area contributed by atoms with Crippen LogP contribution in [0.15, 0.2) is 18.2 Å². The number of amides is 1. The Bertz CT molecular complexity index is 744. The molecule has 0 fully saturated rings. The smallest absolute Gasteiger partial charge is 0.296 e. The lowest BCUT2D eigenvalue weighted by atomic mass is 10.1. The van der Waals surface area contributed by atoms with E-state index in [0.29, 0.717) is 0 Å². The fraction of sp³-hybridized carbons (Fsp3) is 0.182. The molecule has 0 unspecified atom stereocenters. The number of rotatable bonds is 3. The summed E-state index contributed by atoms with van der Waals surface area (Å²) in [5.74, 6) is -0.733. The first-order chi connectivity index (χ1) is 10.2. The molecule has 1 amide bonds. The van der Waals surface area contributed by atoms with Gasteiger partial charge in [-0.1, -0.05) is 11.3 Å². The van der Waals surface area contributed by atoms with Gasteiger partial charge in [-0.25, -0.2) is 0 Å². The van der Waals surface area contributed by atoms with Gasteiger partial charge >= 0.3 is 6.18 Å². The summed E-state index contributed by atoms with van der Waals surface area (Å²) in [6.45, 7) is 1.45. The number of benzene rings is 1. The SMILES string of the molecule is Cc1cc(C(=O)Nc2nnc(C(F)(F)F)s2)ccc1[N+](=O)[O-]. The van der Waals surface area contributed by atoms with Crippen molar-refractivity contribution in [3.8, 4) is 0 Å². The number of nitrogens with one attached hydrogen (secondary N) is 1. The van der Waals surface area contributed by atoms with Gasteiger partial charge in [0.15, 0.2) is 0 Å². The summed E-state index contributed by atoms with van der Waals surface area (Å²) in [4.78, 5) is 22.0. The fourth-order valence-corrected chi connectivity index (χ4v) is 2.17. The summed E-state index contributed by atoms with van der Waals surface area (Å²) in [5.41, 5.74) is 0.157. The van der Waals surface area contributed by atoms with Gasteiger partial charge in [0, 0.05) is 17.2 Å². The van der Waals surface area contributed by atoms with E-state index in [1.54, 1.807) is 0 Å². The number of hydrogen-bond acceptors (Lipinski definition) is 6. The molecule has 2 rings (SSSR count). The van der Waals surface area contributed by atoms with Crippen LogP contribution in [0.2, 0.25) is 0 Å². The van der Waals surface area contributed by atoms with Crippen LogP contribution in [-0.2, 0) is 6.18 Å². The molecule has 11 heteroatoms. The molecule has 0 spiro atoms. The quantitative estimate of drug-likeness (QED) is 0.688. The number of anilines is 1. The van der Waals surface area contributed by atoms with Crippen molar-refractivity contribution >= 4 is 28.1 Å². The van der Waals surface area contributed by atoms with Crippen molar-refractivity contribution in [3.63, 3.8) is 0 Å². The molecule has 0 saturated carbocycles. The maximum Gasteiger partial charge on any atom is 0.445 e. The first-order valence-electron chi connectivity index (χ1n) is 5.65. The minimum atomic E-state index is -4.63. The number of nitro groups is 1. The molecule has 22 heavy (non-hydrogen) atoms. The Labute approximate surface area is 124 Å². The number of aryl methyl sites for hydroxylation is 1. The molecule has 0 atom stereocenters. The second-order valence-corrected chi connectivity index (χ2v) is 5.10. The molecule has 1 N–H and O–H groups in total. The largest absolute Gasteiger partial charge is 0.445 e. The molecule has 1 aromatic carbocycles. The Morgan fingerprint density at radius 1 is 1.36 bits per heavy atom. The van der Waals surface area contributed by atoms with Crippen molar-refractivity contribution < 1.29 is 22.9 Å². The summed E-state index contributed by atoms with van der Waals surface area (Å²) in [7, 11) is 0. The van der Waals surface area contributed by atoms with Gasteiger partial charge < -0.3 is 0 Å². The number of nitrogens with zero attached hydrogens (tertiary/aromatic N) is 3. The van der Waals surface area contributed by atoms with Crippen molar-refractivity contribution in [1.82, 2.24) is 10.2 Å². The number of nitro benzene ring substituents is 1. The number of alkyl halides is 3. The van der Waals surface area contributed by atoms with E-state index in [4.69, 9.17) is 0 Å². The minimum Gasteiger partial charge on any atom is -0.296 e. The highest BCUT2D eigenvalue weighted by Gasteiger charge is 2.35. The summed E-state index contributed by atoms with van der Waals surface area (Å²) in [6.07, 6.45) is -4.63. The van der Waals surface area contributed by atoms with Crippen LogP contribution in [0.25, 0.3) is 0 Å². The highest BCUT2D eigenvalue weighted by atomic mass is 32.1. The van der Waals surface area contributed by atoms with Gasteiger partial charge in [-0.2, -0.15) is 13.2 Å². The van der Waals surface area contributed by atoms with E-state index < -0.39 is 22.0 Å². The fourth-order valence-electron chi connectivity index (χ4n) is 1.56. The van der Waals surface area contributed by atoms with Gasteiger partial charge in [-0.15, -0.1) is 10.2 Å². The number of halogens is 3. The van der Waals surface area contributed by atoms with Crippen LogP contribution in [0.3, 0.4) is 0 Å². The average Bonchev–Trinajstić information content (AvgIpc) is 2.86. The number of aromatic nitrogens is 2. The van der Waals surface area contributed by atoms with E-state index in [2.05, 4.69) is 15.5 Å².